The maximum absolute atomic E-state index is 10.9. The Kier molecular flexibility index (Phi) is 3.65. The molecular weight excluding hydrogens is 228 g/mol. The molecule has 0 aliphatic heterocycles. The second kappa shape index (κ2) is 5.21. The molecule has 0 saturated carbocycles. The number of hydrogen-bond donors (Lipinski definition) is 1. The van der Waals surface area contributed by atoms with Gasteiger partial charge in [-0.25, -0.2) is 9.78 Å². The molecule has 1 unspecified atom stereocenters. The van der Waals surface area contributed by atoms with Crippen molar-refractivity contribution >= 4 is 17.0 Å². The number of fused-ring (bicyclic) bond motifs is 1. The summed E-state index contributed by atoms with van der Waals surface area (Å²) >= 11 is 0. The molecule has 2 aromatic rings. The number of nitrogens with zero attached hydrogens (tertiary/aromatic N) is 2. The van der Waals surface area contributed by atoms with Crippen molar-refractivity contribution in [2.45, 2.75) is 39.2 Å². The topological polar surface area (TPSA) is 55.1 Å². The van der Waals surface area contributed by atoms with Gasteiger partial charge in [-0.2, -0.15) is 0 Å². The van der Waals surface area contributed by atoms with Crippen LogP contribution in [0.5, 0.6) is 0 Å². The van der Waals surface area contributed by atoms with Crippen molar-refractivity contribution in [1.29, 1.82) is 0 Å². The summed E-state index contributed by atoms with van der Waals surface area (Å²) in [6, 6.07) is 5.56. The van der Waals surface area contributed by atoms with Gasteiger partial charge in [0.15, 0.2) is 0 Å². The van der Waals surface area contributed by atoms with Gasteiger partial charge in [0.2, 0.25) is 0 Å². The molecule has 0 saturated heterocycles. The van der Waals surface area contributed by atoms with Crippen LogP contribution in [-0.2, 0) is 0 Å². The highest BCUT2D eigenvalue weighted by Gasteiger charge is 2.13. The Labute approximate surface area is 106 Å². The van der Waals surface area contributed by atoms with Crippen LogP contribution in [0.2, 0.25) is 0 Å². The van der Waals surface area contributed by atoms with Gasteiger partial charge in [0.25, 0.3) is 0 Å². The van der Waals surface area contributed by atoms with Gasteiger partial charge in [-0.15, -0.1) is 0 Å². The van der Waals surface area contributed by atoms with Crippen molar-refractivity contribution in [1.82, 2.24) is 9.55 Å². The number of rotatable bonds is 5. The molecule has 1 heterocycles. The Hall–Kier alpha value is -1.84. The highest BCUT2D eigenvalue weighted by molar-refractivity contribution is 5.92. The lowest BCUT2D eigenvalue weighted by atomic mass is 10.1. The molecule has 4 heteroatoms. The number of hydrogen-bond acceptors (Lipinski definition) is 2. The second-order valence-electron chi connectivity index (χ2n) is 4.51. The van der Waals surface area contributed by atoms with E-state index in [1.165, 1.54) is 0 Å². The number of carboxylic acids is 1. The van der Waals surface area contributed by atoms with Crippen LogP contribution in [0.4, 0.5) is 0 Å². The second-order valence-corrected chi connectivity index (χ2v) is 4.51. The zero-order valence-electron chi connectivity index (χ0n) is 10.8. The number of imidazole rings is 1. The van der Waals surface area contributed by atoms with E-state index < -0.39 is 5.97 Å². The number of carbonyl (C=O) groups is 1. The molecular formula is C14H18N2O2. The molecule has 1 aromatic heterocycles. The molecule has 0 aliphatic carbocycles. The van der Waals surface area contributed by atoms with Crippen molar-refractivity contribution in [2.75, 3.05) is 0 Å². The first-order chi connectivity index (χ1) is 8.67. The van der Waals surface area contributed by atoms with E-state index in [1.807, 2.05) is 12.4 Å². The van der Waals surface area contributed by atoms with Gasteiger partial charge in [0.1, 0.15) is 0 Å². The average molecular weight is 246 g/mol. The third-order valence-electron chi connectivity index (χ3n) is 3.31. The minimum atomic E-state index is -0.910. The van der Waals surface area contributed by atoms with Crippen LogP contribution >= 0.6 is 0 Å². The Morgan fingerprint density at radius 3 is 2.83 bits per heavy atom. The Balaban J connectivity index is 2.45. The number of aromatic carboxylic acids is 1. The lowest BCUT2D eigenvalue weighted by Gasteiger charge is -2.16. The van der Waals surface area contributed by atoms with Crippen molar-refractivity contribution in [3.8, 4) is 0 Å². The summed E-state index contributed by atoms with van der Waals surface area (Å²) in [5.74, 6) is -0.910. The maximum Gasteiger partial charge on any atom is 0.335 e. The SMILES string of the molecule is CCCC(CC)n1cnc2cc(C(=O)O)ccc21. The highest BCUT2D eigenvalue weighted by Crippen LogP contribution is 2.24. The van der Waals surface area contributed by atoms with Crippen LogP contribution in [0.1, 0.15) is 49.5 Å². The summed E-state index contributed by atoms with van der Waals surface area (Å²) in [5, 5.41) is 8.96. The van der Waals surface area contributed by atoms with Gasteiger partial charge < -0.3 is 9.67 Å². The average Bonchev–Trinajstić information content (AvgIpc) is 2.78. The summed E-state index contributed by atoms with van der Waals surface area (Å²) in [5.41, 5.74) is 2.06. The summed E-state index contributed by atoms with van der Waals surface area (Å²) in [7, 11) is 0. The standard InChI is InChI=1S/C14H18N2O2/c1-3-5-11(4-2)16-9-15-12-8-10(14(17)18)6-7-13(12)16/h6-9,11H,3-5H2,1-2H3,(H,17,18). The first-order valence-electron chi connectivity index (χ1n) is 6.37. The van der Waals surface area contributed by atoms with E-state index in [-0.39, 0.29) is 5.56 Å². The lowest BCUT2D eigenvalue weighted by molar-refractivity contribution is 0.0697. The first-order valence-corrected chi connectivity index (χ1v) is 6.37. The van der Waals surface area contributed by atoms with Crippen LogP contribution < -0.4 is 0 Å². The van der Waals surface area contributed by atoms with E-state index in [1.54, 1.807) is 12.1 Å². The molecule has 96 valence electrons. The minimum Gasteiger partial charge on any atom is -0.478 e. The molecule has 0 fully saturated rings. The normalized spacial score (nSPS) is 12.8. The van der Waals surface area contributed by atoms with Crippen LogP contribution in [0.15, 0.2) is 24.5 Å². The molecule has 0 amide bonds. The fourth-order valence-electron chi connectivity index (χ4n) is 2.33. The highest BCUT2D eigenvalue weighted by atomic mass is 16.4. The van der Waals surface area contributed by atoms with Crippen molar-refractivity contribution in [2.24, 2.45) is 0 Å². The fourth-order valence-corrected chi connectivity index (χ4v) is 2.33. The van der Waals surface area contributed by atoms with Crippen molar-refractivity contribution in [3.63, 3.8) is 0 Å². The minimum absolute atomic E-state index is 0.288. The molecule has 1 atom stereocenters. The van der Waals surface area contributed by atoms with Crippen molar-refractivity contribution in [3.05, 3.63) is 30.1 Å². The van der Waals surface area contributed by atoms with Crippen LogP contribution in [0, 0.1) is 0 Å². The summed E-state index contributed by atoms with van der Waals surface area (Å²) in [6.07, 6.45) is 5.12. The molecule has 18 heavy (non-hydrogen) atoms. The van der Waals surface area contributed by atoms with Gasteiger partial charge in [0.05, 0.1) is 22.9 Å². The van der Waals surface area contributed by atoms with E-state index >= 15 is 0 Å². The molecule has 0 spiro atoms. The zero-order chi connectivity index (χ0) is 13.1. The molecule has 2 rings (SSSR count). The molecule has 0 aliphatic rings. The predicted octanol–water partition coefficient (Wildman–Crippen LogP) is 3.49. The number of benzene rings is 1. The van der Waals surface area contributed by atoms with Gasteiger partial charge in [-0.05, 0) is 31.0 Å². The van der Waals surface area contributed by atoms with Crippen LogP contribution in [0.25, 0.3) is 11.0 Å². The number of carboxylic acid groups (broad SMARTS) is 1. The van der Waals surface area contributed by atoms with E-state index in [4.69, 9.17) is 5.11 Å². The zero-order valence-corrected chi connectivity index (χ0v) is 10.8. The van der Waals surface area contributed by atoms with E-state index in [2.05, 4.69) is 23.4 Å². The van der Waals surface area contributed by atoms with Gasteiger partial charge in [0, 0.05) is 6.04 Å². The Morgan fingerprint density at radius 2 is 2.22 bits per heavy atom. The third kappa shape index (κ3) is 2.23. The Bertz CT molecular complexity index is 560. The lowest BCUT2D eigenvalue weighted by Crippen LogP contribution is -2.06. The molecule has 1 aromatic carbocycles. The largest absolute Gasteiger partial charge is 0.478 e. The van der Waals surface area contributed by atoms with E-state index in [0.717, 1.165) is 30.3 Å². The molecule has 0 radical (unpaired) electrons. The van der Waals surface area contributed by atoms with E-state index in [9.17, 15) is 4.79 Å². The predicted molar refractivity (Wildman–Crippen MR) is 70.9 cm³/mol. The molecule has 1 N–H and O–H groups in total. The van der Waals surface area contributed by atoms with Crippen molar-refractivity contribution < 1.29 is 9.90 Å². The summed E-state index contributed by atoms with van der Waals surface area (Å²) in [4.78, 5) is 15.2. The summed E-state index contributed by atoms with van der Waals surface area (Å²) in [6.45, 7) is 4.34. The molecule has 0 bridgehead atoms. The smallest absolute Gasteiger partial charge is 0.335 e. The van der Waals surface area contributed by atoms with Crippen LogP contribution in [-0.4, -0.2) is 20.6 Å². The fraction of sp³-hybridized carbons (Fsp3) is 0.429. The van der Waals surface area contributed by atoms with Gasteiger partial charge in [-0.1, -0.05) is 20.3 Å². The third-order valence-corrected chi connectivity index (χ3v) is 3.31. The number of aromatic nitrogens is 2. The first kappa shape index (κ1) is 12.6. The Morgan fingerprint density at radius 1 is 1.44 bits per heavy atom. The van der Waals surface area contributed by atoms with Crippen LogP contribution in [0.3, 0.4) is 0 Å². The molecule has 4 nitrogen and oxygen atoms in total. The van der Waals surface area contributed by atoms with Gasteiger partial charge >= 0.3 is 5.97 Å². The monoisotopic (exact) mass is 246 g/mol. The summed E-state index contributed by atoms with van der Waals surface area (Å²) < 4.78 is 2.16. The van der Waals surface area contributed by atoms with E-state index in [0.29, 0.717) is 6.04 Å². The van der Waals surface area contributed by atoms with Gasteiger partial charge in [-0.3, -0.25) is 0 Å². The maximum atomic E-state index is 10.9. The quantitative estimate of drug-likeness (QED) is 0.878.